The predicted octanol–water partition coefficient (Wildman–Crippen LogP) is 2.59. The van der Waals surface area contributed by atoms with Crippen LogP contribution in [0.1, 0.15) is 12.8 Å². The molecule has 1 saturated heterocycles. The lowest BCUT2D eigenvalue weighted by molar-refractivity contribution is 0.674. The Labute approximate surface area is 81.6 Å². The van der Waals surface area contributed by atoms with E-state index in [1.165, 1.54) is 29.3 Å². The Hall–Kier alpha value is 0.01000. The fourth-order valence-electron chi connectivity index (χ4n) is 1.43. The quantitative estimate of drug-likeness (QED) is 0.751. The van der Waals surface area contributed by atoms with Gasteiger partial charge < -0.3 is 5.32 Å². The van der Waals surface area contributed by atoms with Gasteiger partial charge in [0, 0.05) is 11.8 Å². The Bertz CT molecular complexity index is 214. The number of hydrogen-bond donors (Lipinski definition) is 1. The highest BCUT2D eigenvalue weighted by Gasteiger charge is 2.13. The molecule has 0 bridgehead atoms. The van der Waals surface area contributed by atoms with Crippen LogP contribution in [0.15, 0.2) is 21.7 Å². The van der Waals surface area contributed by atoms with Gasteiger partial charge in [-0.05, 0) is 30.8 Å². The molecule has 2 heterocycles. The van der Waals surface area contributed by atoms with Crippen molar-refractivity contribution in [3.05, 3.63) is 17.5 Å². The highest BCUT2D eigenvalue weighted by molar-refractivity contribution is 8.01. The van der Waals surface area contributed by atoms with Gasteiger partial charge in [0.25, 0.3) is 0 Å². The Morgan fingerprint density at radius 1 is 1.67 bits per heavy atom. The summed E-state index contributed by atoms with van der Waals surface area (Å²) in [6, 6.07) is 5.08. The van der Waals surface area contributed by atoms with Crippen LogP contribution >= 0.6 is 23.1 Å². The molecule has 66 valence electrons. The summed E-state index contributed by atoms with van der Waals surface area (Å²) in [5.41, 5.74) is 0. The fourth-order valence-corrected chi connectivity index (χ4v) is 3.34. The Kier molecular flexibility index (Phi) is 3.08. The van der Waals surface area contributed by atoms with Crippen LogP contribution in [-0.4, -0.2) is 18.3 Å². The van der Waals surface area contributed by atoms with E-state index in [1.807, 2.05) is 23.1 Å². The third-order valence-electron chi connectivity index (χ3n) is 2.08. The number of nitrogens with one attached hydrogen (secondary N) is 1. The van der Waals surface area contributed by atoms with Crippen molar-refractivity contribution in [3.63, 3.8) is 0 Å². The van der Waals surface area contributed by atoms with Crippen molar-refractivity contribution < 1.29 is 0 Å². The third kappa shape index (κ3) is 2.25. The van der Waals surface area contributed by atoms with Gasteiger partial charge in [0.05, 0.1) is 4.21 Å². The van der Waals surface area contributed by atoms with Gasteiger partial charge in [0.2, 0.25) is 0 Å². The average Bonchev–Trinajstić information content (AvgIpc) is 2.74. The molecule has 1 aromatic heterocycles. The first-order valence-corrected chi connectivity index (χ1v) is 6.21. The van der Waals surface area contributed by atoms with E-state index < -0.39 is 0 Å². The van der Waals surface area contributed by atoms with Gasteiger partial charge in [0.15, 0.2) is 0 Å². The predicted molar refractivity (Wildman–Crippen MR) is 56.1 cm³/mol. The summed E-state index contributed by atoms with van der Waals surface area (Å²) in [6.07, 6.45) is 2.72. The average molecular weight is 199 g/mol. The second kappa shape index (κ2) is 4.30. The Morgan fingerprint density at radius 2 is 2.67 bits per heavy atom. The Balaban J connectivity index is 1.74. The van der Waals surface area contributed by atoms with Crippen molar-refractivity contribution in [3.8, 4) is 0 Å². The van der Waals surface area contributed by atoms with E-state index >= 15 is 0 Å². The molecule has 0 aromatic carbocycles. The van der Waals surface area contributed by atoms with E-state index in [-0.39, 0.29) is 0 Å². The Morgan fingerprint density at radius 3 is 3.33 bits per heavy atom. The molecular weight excluding hydrogens is 186 g/mol. The minimum atomic E-state index is 0.761. The number of thioether (sulfide) groups is 1. The summed E-state index contributed by atoms with van der Waals surface area (Å²) in [6.45, 7) is 1.22. The van der Waals surface area contributed by atoms with Gasteiger partial charge >= 0.3 is 0 Å². The van der Waals surface area contributed by atoms with E-state index in [0.29, 0.717) is 0 Å². The van der Waals surface area contributed by atoms with Crippen molar-refractivity contribution in [2.24, 2.45) is 0 Å². The van der Waals surface area contributed by atoms with Crippen molar-refractivity contribution >= 4 is 23.1 Å². The monoisotopic (exact) mass is 199 g/mol. The van der Waals surface area contributed by atoms with Gasteiger partial charge in [-0.25, -0.2) is 0 Å². The molecule has 0 spiro atoms. The first-order valence-electron chi connectivity index (χ1n) is 4.35. The molecule has 3 heteroatoms. The van der Waals surface area contributed by atoms with Crippen LogP contribution in [-0.2, 0) is 0 Å². The molecule has 0 saturated carbocycles. The van der Waals surface area contributed by atoms with E-state index in [9.17, 15) is 0 Å². The van der Waals surface area contributed by atoms with Gasteiger partial charge in [-0.3, -0.25) is 0 Å². The molecule has 1 aliphatic heterocycles. The molecule has 1 aliphatic rings. The summed E-state index contributed by atoms with van der Waals surface area (Å²) in [5, 5.41) is 5.65. The minimum absolute atomic E-state index is 0.761. The van der Waals surface area contributed by atoms with Gasteiger partial charge in [-0.15, -0.1) is 23.1 Å². The second-order valence-corrected chi connectivity index (χ2v) is 5.30. The zero-order valence-corrected chi connectivity index (χ0v) is 8.59. The summed E-state index contributed by atoms with van der Waals surface area (Å²) >= 11 is 3.82. The highest BCUT2D eigenvalue weighted by Crippen LogP contribution is 2.25. The van der Waals surface area contributed by atoms with Crippen LogP contribution in [0.5, 0.6) is 0 Å². The maximum absolute atomic E-state index is 3.50. The first kappa shape index (κ1) is 8.60. The van der Waals surface area contributed by atoms with Crippen molar-refractivity contribution in [2.45, 2.75) is 23.1 Å². The number of thiophene rings is 1. The summed E-state index contributed by atoms with van der Waals surface area (Å²) < 4.78 is 1.45. The molecule has 0 aliphatic carbocycles. The molecular formula is C9H13NS2. The zero-order chi connectivity index (χ0) is 8.23. The van der Waals surface area contributed by atoms with Gasteiger partial charge in [-0.1, -0.05) is 6.07 Å². The highest BCUT2D eigenvalue weighted by atomic mass is 32.2. The SMILES string of the molecule is c1csc(SCC2CCCN2)c1. The molecule has 2 rings (SSSR count). The lowest BCUT2D eigenvalue weighted by Crippen LogP contribution is -2.23. The van der Waals surface area contributed by atoms with Crippen LogP contribution in [0.25, 0.3) is 0 Å². The molecule has 0 amide bonds. The van der Waals surface area contributed by atoms with Crippen LogP contribution in [0, 0.1) is 0 Å². The molecule has 1 aromatic rings. The molecule has 1 nitrogen and oxygen atoms in total. The van der Waals surface area contributed by atoms with E-state index in [4.69, 9.17) is 0 Å². The molecule has 0 radical (unpaired) electrons. The largest absolute Gasteiger partial charge is 0.313 e. The maximum Gasteiger partial charge on any atom is 0.0599 e. The third-order valence-corrected chi connectivity index (χ3v) is 4.38. The fraction of sp³-hybridized carbons (Fsp3) is 0.556. The molecule has 1 atom stereocenters. The van der Waals surface area contributed by atoms with Crippen LogP contribution in [0.2, 0.25) is 0 Å². The van der Waals surface area contributed by atoms with Crippen LogP contribution in [0.4, 0.5) is 0 Å². The van der Waals surface area contributed by atoms with Gasteiger partial charge in [-0.2, -0.15) is 0 Å². The lowest BCUT2D eigenvalue weighted by atomic mass is 10.3. The summed E-state index contributed by atoms with van der Waals surface area (Å²) in [7, 11) is 0. The van der Waals surface area contributed by atoms with Gasteiger partial charge in [0.1, 0.15) is 0 Å². The standard InChI is InChI=1S/C9H13NS2/c1-3-8(10-5-1)7-12-9-4-2-6-11-9/h2,4,6,8,10H,1,3,5,7H2. The van der Waals surface area contributed by atoms with Crippen LogP contribution in [0.3, 0.4) is 0 Å². The van der Waals surface area contributed by atoms with Crippen molar-refractivity contribution in [2.75, 3.05) is 12.3 Å². The lowest BCUT2D eigenvalue weighted by Gasteiger charge is -2.07. The topological polar surface area (TPSA) is 12.0 Å². The molecule has 1 fully saturated rings. The van der Waals surface area contributed by atoms with E-state index in [2.05, 4.69) is 22.8 Å². The molecule has 1 N–H and O–H groups in total. The van der Waals surface area contributed by atoms with Crippen molar-refractivity contribution in [1.82, 2.24) is 5.32 Å². The smallest absolute Gasteiger partial charge is 0.0599 e. The van der Waals surface area contributed by atoms with Crippen molar-refractivity contribution in [1.29, 1.82) is 0 Å². The summed E-state index contributed by atoms with van der Waals surface area (Å²) in [4.78, 5) is 0. The minimum Gasteiger partial charge on any atom is -0.313 e. The molecule has 1 unspecified atom stereocenters. The maximum atomic E-state index is 3.50. The second-order valence-electron chi connectivity index (χ2n) is 3.04. The van der Waals surface area contributed by atoms with E-state index in [1.54, 1.807) is 0 Å². The number of rotatable bonds is 3. The number of hydrogen-bond acceptors (Lipinski definition) is 3. The van der Waals surface area contributed by atoms with E-state index in [0.717, 1.165) is 6.04 Å². The summed E-state index contributed by atoms with van der Waals surface area (Å²) in [5.74, 6) is 1.24. The van der Waals surface area contributed by atoms with Crippen LogP contribution < -0.4 is 5.32 Å². The molecule has 12 heavy (non-hydrogen) atoms. The normalized spacial score (nSPS) is 23.2. The zero-order valence-electron chi connectivity index (χ0n) is 6.95. The first-order chi connectivity index (χ1) is 5.95.